The molecule has 0 aliphatic rings. The lowest BCUT2D eigenvalue weighted by Crippen LogP contribution is -2.45. The fraction of sp³-hybridized carbons (Fsp3) is 0.917. The van der Waals surface area contributed by atoms with Gasteiger partial charge in [-0.2, -0.15) is 0 Å². The maximum absolute atomic E-state index is 12.5. The van der Waals surface area contributed by atoms with Crippen molar-refractivity contribution in [3.05, 3.63) is 24.3 Å². The zero-order valence-corrected chi connectivity index (χ0v) is 52.9. The van der Waals surface area contributed by atoms with Crippen LogP contribution in [0.4, 0.5) is 0 Å². The summed E-state index contributed by atoms with van der Waals surface area (Å²) in [4.78, 5) is 24.6. The molecule has 0 aliphatic carbocycles. The number of aliphatic hydroxyl groups is 2. The molecule has 78 heavy (non-hydrogen) atoms. The number of esters is 1. The second kappa shape index (κ2) is 67.8. The molecule has 3 N–H and O–H groups in total. The smallest absolute Gasteiger partial charge is 0.305 e. The number of ether oxygens (including phenoxy) is 1. The first-order valence-corrected chi connectivity index (χ1v) is 35.6. The third-order valence-corrected chi connectivity index (χ3v) is 16.8. The Bertz CT molecular complexity index is 1220. The van der Waals surface area contributed by atoms with Crippen LogP contribution in [0.15, 0.2) is 24.3 Å². The van der Waals surface area contributed by atoms with E-state index in [0.29, 0.717) is 25.9 Å². The first-order chi connectivity index (χ1) is 38.5. The quantitative estimate of drug-likeness (QED) is 0.0320. The summed E-state index contributed by atoms with van der Waals surface area (Å²) in [5.41, 5.74) is 0. The van der Waals surface area contributed by atoms with Crippen molar-refractivity contribution in [1.82, 2.24) is 5.32 Å². The highest BCUT2D eigenvalue weighted by atomic mass is 16.5. The Morgan fingerprint density at radius 1 is 0.359 bits per heavy atom. The van der Waals surface area contributed by atoms with Crippen LogP contribution in [0.3, 0.4) is 0 Å². The molecule has 0 fully saturated rings. The minimum Gasteiger partial charge on any atom is -0.466 e. The van der Waals surface area contributed by atoms with E-state index in [9.17, 15) is 19.8 Å². The van der Waals surface area contributed by atoms with Gasteiger partial charge >= 0.3 is 5.97 Å². The summed E-state index contributed by atoms with van der Waals surface area (Å²) in [6.07, 6.45) is 85.3. The van der Waals surface area contributed by atoms with Gasteiger partial charge in [-0.25, -0.2) is 0 Å². The van der Waals surface area contributed by atoms with Gasteiger partial charge in [0.1, 0.15) is 0 Å². The van der Waals surface area contributed by atoms with Crippen molar-refractivity contribution in [1.29, 1.82) is 0 Å². The van der Waals surface area contributed by atoms with Crippen molar-refractivity contribution >= 4 is 11.9 Å². The second-order valence-electron chi connectivity index (χ2n) is 24.6. The summed E-state index contributed by atoms with van der Waals surface area (Å²) in [5.74, 6) is -0.0199. The van der Waals surface area contributed by atoms with E-state index in [1.165, 1.54) is 315 Å². The topological polar surface area (TPSA) is 95.9 Å². The number of rotatable bonds is 67. The Hall–Kier alpha value is -1.66. The summed E-state index contributed by atoms with van der Waals surface area (Å²) in [5, 5.41) is 23.3. The van der Waals surface area contributed by atoms with E-state index < -0.39 is 12.1 Å². The van der Waals surface area contributed by atoms with E-state index >= 15 is 0 Å². The van der Waals surface area contributed by atoms with E-state index in [-0.39, 0.29) is 18.5 Å². The van der Waals surface area contributed by atoms with E-state index in [2.05, 4.69) is 43.5 Å². The summed E-state index contributed by atoms with van der Waals surface area (Å²) < 4.78 is 5.49. The summed E-state index contributed by atoms with van der Waals surface area (Å²) >= 11 is 0. The molecule has 0 aromatic carbocycles. The highest BCUT2D eigenvalue weighted by Gasteiger charge is 2.20. The van der Waals surface area contributed by atoms with Gasteiger partial charge in [0, 0.05) is 12.8 Å². The number of carbonyl (C=O) groups is 2. The molecule has 462 valence electrons. The normalized spacial score (nSPS) is 12.6. The van der Waals surface area contributed by atoms with E-state index in [4.69, 9.17) is 4.74 Å². The third kappa shape index (κ3) is 63.5. The lowest BCUT2D eigenvalue weighted by atomic mass is 10.0. The summed E-state index contributed by atoms with van der Waals surface area (Å²) in [7, 11) is 0. The van der Waals surface area contributed by atoms with Gasteiger partial charge in [0.15, 0.2) is 0 Å². The Labute approximate surface area is 488 Å². The molecule has 0 aliphatic heterocycles. The minimum absolute atomic E-state index is 0.00816. The van der Waals surface area contributed by atoms with Crippen LogP contribution in [0.2, 0.25) is 0 Å². The number of hydrogen-bond donors (Lipinski definition) is 3. The molecule has 0 bridgehead atoms. The molecule has 0 saturated heterocycles. The van der Waals surface area contributed by atoms with Crippen LogP contribution >= 0.6 is 0 Å². The molecule has 0 saturated carbocycles. The molecule has 0 aromatic heterocycles. The second-order valence-corrected chi connectivity index (χ2v) is 24.6. The Balaban J connectivity index is 3.30. The Morgan fingerprint density at radius 3 is 1.00 bits per heavy atom. The molecule has 0 spiro atoms. The SMILES string of the molecule is CCCCC/C=C\C/C=C\CCCCCCCC(=O)OCCCCCCCCCCCCCCCCCCCCCCCCCCCCCCCCCCCC(=O)N[C@@H](CO)[C@H](O)CCCCCCCCCCCCCCC. The van der Waals surface area contributed by atoms with Crippen LogP contribution in [0, 0.1) is 0 Å². The van der Waals surface area contributed by atoms with Crippen LogP contribution in [-0.4, -0.2) is 47.4 Å². The number of nitrogens with one attached hydrogen (secondary N) is 1. The highest BCUT2D eigenvalue weighted by Crippen LogP contribution is 2.19. The average Bonchev–Trinajstić information content (AvgIpc) is 3.44. The third-order valence-electron chi connectivity index (χ3n) is 16.8. The van der Waals surface area contributed by atoms with Crippen LogP contribution in [0.25, 0.3) is 0 Å². The lowest BCUT2D eigenvalue weighted by Gasteiger charge is -2.22. The van der Waals surface area contributed by atoms with Crippen molar-refractivity contribution in [2.75, 3.05) is 13.2 Å². The molecule has 0 radical (unpaired) electrons. The van der Waals surface area contributed by atoms with Crippen molar-refractivity contribution in [2.45, 2.75) is 411 Å². The fourth-order valence-electron chi connectivity index (χ4n) is 11.3. The highest BCUT2D eigenvalue weighted by molar-refractivity contribution is 5.76. The summed E-state index contributed by atoms with van der Waals surface area (Å²) in [6.45, 7) is 4.95. The van der Waals surface area contributed by atoms with E-state index in [1.54, 1.807) is 0 Å². The number of hydrogen-bond acceptors (Lipinski definition) is 5. The number of allylic oxidation sites excluding steroid dienone is 4. The molecule has 0 rings (SSSR count). The lowest BCUT2D eigenvalue weighted by molar-refractivity contribution is -0.143. The number of aliphatic hydroxyl groups excluding tert-OH is 2. The zero-order chi connectivity index (χ0) is 56.4. The largest absolute Gasteiger partial charge is 0.466 e. The molecular weight excluding hydrogens is 959 g/mol. The first-order valence-electron chi connectivity index (χ1n) is 35.6. The molecule has 6 heteroatoms. The first kappa shape index (κ1) is 76.3. The van der Waals surface area contributed by atoms with Crippen LogP contribution < -0.4 is 5.32 Å². The van der Waals surface area contributed by atoms with Gasteiger partial charge in [-0.05, 0) is 57.8 Å². The minimum atomic E-state index is -0.660. The Morgan fingerprint density at radius 2 is 0.641 bits per heavy atom. The predicted molar refractivity (Wildman–Crippen MR) is 343 cm³/mol. The maximum atomic E-state index is 12.5. The molecule has 0 heterocycles. The maximum Gasteiger partial charge on any atom is 0.305 e. The van der Waals surface area contributed by atoms with E-state index in [1.807, 2.05) is 0 Å². The van der Waals surface area contributed by atoms with Crippen molar-refractivity contribution in [3.8, 4) is 0 Å². The van der Waals surface area contributed by atoms with Gasteiger partial charge in [0.05, 0.1) is 25.4 Å². The van der Waals surface area contributed by atoms with Crippen molar-refractivity contribution in [2.24, 2.45) is 0 Å². The van der Waals surface area contributed by atoms with Crippen molar-refractivity contribution < 1.29 is 24.5 Å². The van der Waals surface area contributed by atoms with E-state index in [0.717, 1.165) is 51.4 Å². The van der Waals surface area contributed by atoms with Gasteiger partial charge in [0.25, 0.3) is 0 Å². The molecular formula is C72H139NO5. The summed E-state index contributed by atoms with van der Waals surface area (Å²) in [6, 6.07) is -0.536. The van der Waals surface area contributed by atoms with Gasteiger partial charge in [-0.15, -0.1) is 0 Å². The van der Waals surface area contributed by atoms with Gasteiger partial charge in [0.2, 0.25) is 5.91 Å². The zero-order valence-electron chi connectivity index (χ0n) is 52.9. The molecule has 0 aromatic rings. The molecule has 2 atom stereocenters. The molecule has 1 amide bonds. The predicted octanol–water partition coefficient (Wildman–Crippen LogP) is 22.9. The fourth-order valence-corrected chi connectivity index (χ4v) is 11.3. The number of unbranched alkanes of at least 4 members (excludes halogenated alkanes) is 52. The van der Waals surface area contributed by atoms with Gasteiger partial charge in [-0.3, -0.25) is 9.59 Å². The van der Waals surface area contributed by atoms with Crippen LogP contribution in [0.1, 0.15) is 399 Å². The Kier molecular flexibility index (Phi) is 66.4. The van der Waals surface area contributed by atoms with Crippen LogP contribution in [-0.2, 0) is 14.3 Å². The van der Waals surface area contributed by atoms with Crippen molar-refractivity contribution in [3.63, 3.8) is 0 Å². The van der Waals surface area contributed by atoms with Gasteiger partial charge < -0.3 is 20.3 Å². The molecule has 0 unspecified atom stereocenters. The van der Waals surface area contributed by atoms with Crippen LogP contribution in [0.5, 0.6) is 0 Å². The van der Waals surface area contributed by atoms with Gasteiger partial charge in [-0.1, -0.05) is 353 Å². The number of carbonyl (C=O) groups excluding carboxylic acids is 2. The number of amides is 1. The average molecular weight is 1100 g/mol. The molecule has 6 nitrogen and oxygen atoms in total. The monoisotopic (exact) mass is 1100 g/mol. The standard InChI is InChI=1S/C72H139NO5/c1-3-5-7-9-11-13-15-17-37-42-46-50-54-58-62-66-72(77)78-67-63-59-55-51-47-43-39-36-34-32-30-28-26-24-22-20-18-19-21-23-25-27-29-31-33-35-38-41-45-49-53-57-61-65-71(76)73-69(68-74)70(75)64-60-56-52-48-44-40-16-14-12-10-8-6-4-2/h11,13,17,37,69-70,74-75H,3-10,12,14-16,18-36,38-68H2,1-2H3,(H,73,76)/b13-11-,37-17-/t69-,70+/m0/s1.